The number of nitrogens with zero attached hydrogens (tertiary/aromatic N) is 2. The number of carbonyl (C=O) groups excluding carboxylic acids is 1. The minimum absolute atomic E-state index is 0.211. The normalized spacial score (nSPS) is 10.4. The number of benzene rings is 2. The van der Waals surface area contributed by atoms with Crippen LogP contribution in [-0.2, 0) is 6.54 Å². The van der Waals surface area contributed by atoms with E-state index in [2.05, 4.69) is 34.3 Å². The maximum atomic E-state index is 12.6. The molecule has 1 aromatic heterocycles. The lowest BCUT2D eigenvalue weighted by Crippen LogP contribution is -2.23. The molecule has 1 amide bonds. The van der Waals surface area contributed by atoms with Gasteiger partial charge in [-0.25, -0.2) is 4.98 Å². The fourth-order valence-electron chi connectivity index (χ4n) is 2.65. The van der Waals surface area contributed by atoms with E-state index in [1.165, 1.54) is 5.56 Å². The molecule has 0 aliphatic carbocycles. The summed E-state index contributed by atoms with van der Waals surface area (Å²) in [5.74, 6) is 0.556. The smallest absolute Gasteiger partial charge is 0.255 e. The number of rotatable bonds is 6. The van der Waals surface area contributed by atoms with Crippen molar-refractivity contribution in [2.75, 3.05) is 16.8 Å². The standard InChI is InChI=1S/C21H20ClN3O/c1-2-25(15-16-8-4-3-5-9-16)20-14-17(12-13-23-20)21(26)24-19-11-7-6-10-18(19)22/h3-14H,2,15H2,1H3,(H,24,26). The Kier molecular flexibility index (Phi) is 5.87. The molecule has 5 heteroatoms. The highest BCUT2D eigenvalue weighted by atomic mass is 35.5. The van der Waals surface area contributed by atoms with Crippen LogP contribution in [0.15, 0.2) is 72.9 Å². The van der Waals surface area contributed by atoms with Gasteiger partial charge in [-0.05, 0) is 36.8 Å². The summed E-state index contributed by atoms with van der Waals surface area (Å²) in [4.78, 5) is 19.1. The van der Waals surface area contributed by atoms with E-state index in [9.17, 15) is 4.79 Å². The maximum Gasteiger partial charge on any atom is 0.255 e. The summed E-state index contributed by atoms with van der Waals surface area (Å²) in [5.41, 5.74) is 2.33. The predicted octanol–water partition coefficient (Wildman–Crippen LogP) is 5.01. The molecule has 0 bridgehead atoms. The molecule has 0 unspecified atom stereocenters. The first kappa shape index (κ1) is 18.0. The van der Waals surface area contributed by atoms with Gasteiger partial charge in [0.15, 0.2) is 0 Å². The molecular weight excluding hydrogens is 346 g/mol. The fourth-order valence-corrected chi connectivity index (χ4v) is 2.83. The Balaban J connectivity index is 1.78. The number of hydrogen-bond donors (Lipinski definition) is 1. The monoisotopic (exact) mass is 365 g/mol. The lowest BCUT2D eigenvalue weighted by atomic mass is 10.2. The molecule has 132 valence electrons. The third-order valence-electron chi connectivity index (χ3n) is 4.05. The molecule has 26 heavy (non-hydrogen) atoms. The van der Waals surface area contributed by atoms with E-state index in [-0.39, 0.29) is 5.91 Å². The molecule has 0 aliphatic heterocycles. The number of aromatic nitrogens is 1. The number of nitrogens with one attached hydrogen (secondary N) is 1. The molecule has 0 spiro atoms. The summed E-state index contributed by atoms with van der Waals surface area (Å²) in [6.07, 6.45) is 1.66. The number of para-hydroxylation sites is 1. The first-order valence-electron chi connectivity index (χ1n) is 8.48. The second-order valence-electron chi connectivity index (χ2n) is 5.84. The van der Waals surface area contributed by atoms with Crippen molar-refractivity contribution in [3.63, 3.8) is 0 Å². The van der Waals surface area contributed by atoms with E-state index in [0.717, 1.165) is 18.9 Å². The van der Waals surface area contributed by atoms with E-state index in [0.29, 0.717) is 16.3 Å². The fraction of sp³-hybridized carbons (Fsp3) is 0.143. The zero-order valence-corrected chi connectivity index (χ0v) is 15.3. The molecule has 0 saturated heterocycles. The Labute approximate surface area is 158 Å². The largest absolute Gasteiger partial charge is 0.353 e. The third-order valence-corrected chi connectivity index (χ3v) is 4.38. The van der Waals surface area contributed by atoms with Crippen LogP contribution >= 0.6 is 11.6 Å². The lowest BCUT2D eigenvalue weighted by molar-refractivity contribution is 0.102. The van der Waals surface area contributed by atoms with Gasteiger partial charge < -0.3 is 10.2 Å². The molecule has 3 rings (SSSR count). The molecule has 2 aromatic carbocycles. The van der Waals surface area contributed by atoms with Crippen LogP contribution < -0.4 is 10.2 Å². The summed E-state index contributed by atoms with van der Waals surface area (Å²) in [5, 5.41) is 3.35. The first-order chi connectivity index (χ1) is 12.7. The molecule has 0 fully saturated rings. The summed E-state index contributed by atoms with van der Waals surface area (Å²) in [7, 11) is 0. The number of hydrogen-bond acceptors (Lipinski definition) is 3. The zero-order chi connectivity index (χ0) is 18.4. The topological polar surface area (TPSA) is 45.2 Å². The second-order valence-corrected chi connectivity index (χ2v) is 6.24. The van der Waals surface area contributed by atoms with Crippen molar-refractivity contribution in [3.05, 3.63) is 89.1 Å². The molecule has 0 radical (unpaired) electrons. The maximum absolute atomic E-state index is 12.6. The second kappa shape index (κ2) is 8.50. The van der Waals surface area contributed by atoms with Gasteiger partial charge >= 0.3 is 0 Å². The highest BCUT2D eigenvalue weighted by molar-refractivity contribution is 6.33. The van der Waals surface area contributed by atoms with Crippen molar-refractivity contribution in [2.45, 2.75) is 13.5 Å². The average molecular weight is 366 g/mol. The van der Waals surface area contributed by atoms with Crippen LogP contribution in [0.3, 0.4) is 0 Å². The number of amides is 1. The average Bonchev–Trinajstić information content (AvgIpc) is 2.69. The Morgan fingerprint density at radius 1 is 1.08 bits per heavy atom. The van der Waals surface area contributed by atoms with Crippen LogP contribution in [0.1, 0.15) is 22.8 Å². The van der Waals surface area contributed by atoms with Crippen LogP contribution in [0.4, 0.5) is 11.5 Å². The van der Waals surface area contributed by atoms with E-state index in [1.807, 2.05) is 30.3 Å². The van der Waals surface area contributed by atoms with Crippen LogP contribution in [0, 0.1) is 0 Å². The summed E-state index contributed by atoms with van der Waals surface area (Å²) < 4.78 is 0. The molecule has 0 saturated carbocycles. The van der Waals surface area contributed by atoms with Crippen LogP contribution in [0.5, 0.6) is 0 Å². The van der Waals surface area contributed by atoms with Crippen molar-refractivity contribution < 1.29 is 4.79 Å². The van der Waals surface area contributed by atoms with Gasteiger partial charge in [0.2, 0.25) is 0 Å². The third kappa shape index (κ3) is 4.41. The summed E-state index contributed by atoms with van der Waals surface area (Å²) >= 11 is 6.11. The van der Waals surface area contributed by atoms with Gasteiger partial charge in [-0.2, -0.15) is 0 Å². The van der Waals surface area contributed by atoms with Crippen molar-refractivity contribution in [2.24, 2.45) is 0 Å². The number of carbonyl (C=O) groups is 1. The van der Waals surface area contributed by atoms with Gasteiger partial charge in [0, 0.05) is 24.8 Å². The van der Waals surface area contributed by atoms with Crippen molar-refractivity contribution in [1.82, 2.24) is 4.98 Å². The van der Waals surface area contributed by atoms with Gasteiger partial charge in [0.1, 0.15) is 5.82 Å². The minimum atomic E-state index is -0.211. The molecule has 0 aliphatic rings. The van der Waals surface area contributed by atoms with Gasteiger partial charge in [-0.3, -0.25) is 4.79 Å². The quantitative estimate of drug-likeness (QED) is 0.667. The van der Waals surface area contributed by atoms with E-state index < -0.39 is 0 Å². The predicted molar refractivity (Wildman–Crippen MR) is 107 cm³/mol. The van der Waals surface area contributed by atoms with Crippen molar-refractivity contribution >= 4 is 29.0 Å². The highest BCUT2D eigenvalue weighted by Crippen LogP contribution is 2.22. The Bertz CT molecular complexity index is 883. The molecule has 0 atom stereocenters. The Morgan fingerprint density at radius 2 is 1.81 bits per heavy atom. The number of halogens is 1. The van der Waals surface area contributed by atoms with E-state index in [1.54, 1.807) is 30.5 Å². The van der Waals surface area contributed by atoms with Crippen LogP contribution in [-0.4, -0.2) is 17.4 Å². The Hall–Kier alpha value is -2.85. The van der Waals surface area contributed by atoms with Crippen molar-refractivity contribution in [1.29, 1.82) is 0 Å². The molecule has 1 heterocycles. The van der Waals surface area contributed by atoms with Gasteiger partial charge in [-0.15, -0.1) is 0 Å². The molecule has 3 aromatic rings. The summed E-state index contributed by atoms with van der Waals surface area (Å²) in [6, 6.07) is 20.9. The Morgan fingerprint density at radius 3 is 2.54 bits per heavy atom. The zero-order valence-electron chi connectivity index (χ0n) is 14.5. The lowest BCUT2D eigenvalue weighted by Gasteiger charge is -2.22. The molecule has 4 nitrogen and oxygen atoms in total. The van der Waals surface area contributed by atoms with Crippen LogP contribution in [0.2, 0.25) is 5.02 Å². The number of pyridine rings is 1. The van der Waals surface area contributed by atoms with Crippen molar-refractivity contribution in [3.8, 4) is 0 Å². The number of anilines is 2. The van der Waals surface area contributed by atoms with E-state index in [4.69, 9.17) is 11.6 Å². The highest BCUT2D eigenvalue weighted by Gasteiger charge is 2.12. The van der Waals surface area contributed by atoms with Crippen LogP contribution in [0.25, 0.3) is 0 Å². The summed E-state index contributed by atoms with van der Waals surface area (Å²) in [6.45, 7) is 3.60. The minimum Gasteiger partial charge on any atom is -0.353 e. The first-order valence-corrected chi connectivity index (χ1v) is 8.86. The SMILES string of the molecule is CCN(Cc1ccccc1)c1cc(C(=O)Nc2ccccc2Cl)ccn1. The van der Waals surface area contributed by atoms with Gasteiger partial charge in [-0.1, -0.05) is 54.1 Å². The van der Waals surface area contributed by atoms with E-state index >= 15 is 0 Å². The molecule has 1 N–H and O–H groups in total. The molecular formula is C21H20ClN3O. The van der Waals surface area contributed by atoms with Gasteiger partial charge in [0.25, 0.3) is 5.91 Å². The van der Waals surface area contributed by atoms with Gasteiger partial charge in [0.05, 0.1) is 10.7 Å².